The number of nitrogens with one attached hydrogen (secondary N) is 1. The summed E-state index contributed by atoms with van der Waals surface area (Å²) in [5.41, 5.74) is 2.05. The molecule has 0 heterocycles. The van der Waals surface area contributed by atoms with E-state index >= 15 is 0 Å². The van der Waals surface area contributed by atoms with Crippen LogP contribution in [0.4, 0.5) is 0 Å². The van der Waals surface area contributed by atoms with Crippen LogP contribution in [-0.4, -0.2) is 31.0 Å². The minimum Gasteiger partial charge on any atom is -0.441 e. The van der Waals surface area contributed by atoms with Crippen LogP contribution in [0.3, 0.4) is 0 Å². The van der Waals surface area contributed by atoms with Crippen LogP contribution in [0, 0.1) is 0 Å². The number of hydrogen-bond acceptors (Lipinski definition) is 2. The topological polar surface area (TPSA) is 21.3 Å². The average Bonchev–Trinajstić information content (AvgIpc) is 2.11. The first kappa shape index (κ1) is 18.3. The molecule has 0 spiro atoms. The maximum atomic E-state index is 6.61. The number of rotatable bonds is 6. The Morgan fingerprint density at radius 1 is 1.06 bits per heavy atom. The first-order valence-corrected chi connectivity index (χ1v) is 15.9. The van der Waals surface area contributed by atoms with Gasteiger partial charge in [-0.3, -0.25) is 0 Å². The third-order valence-corrected chi connectivity index (χ3v) is 14.2. The molecule has 0 aromatic heterocycles. The second kappa shape index (κ2) is 5.75. The second-order valence-corrected chi connectivity index (χ2v) is 21.9. The molecule has 0 aliphatic rings. The van der Waals surface area contributed by atoms with Gasteiger partial charge in [0.15, 0.2) is 8.32 Å². The molecule has 108 valence electrons. The first-order chi connectivity index (χ1) is 7.72. The normalized spacial score (nSPS) is 17.4. The molecule has 1 unspecified atom stereocenters. The Morgan fingerprint density at radius 3 is 1.78 bits per heavy atom. The molecule has 0 saturated heterocycles. The van der Waals surface area contributed by atoms with Crippen LogP contribution in [0.2, 0.25) is 44.3 Å². The molecule has 5 heteroatoms. The Hall–Kier alpha value is 0.311. The summed E-state index contributed by atoms with van der Waals surface area (Å²) < 4.78 is 6.61. The molecule has 2 nitrogen and oxygen atoms in total. The summed E-state index contributed by atoms with van der Waals surface area (Å²) in [5, 5.41) is 0.255. The monoisotopic (exact) mass is 303 g/mol. The summed E-state index contributed by atoms with van der Waals surface area (Å²) >= 11 is 0. The van der Waals surface area contributed by atoms with Crippen molar-refractivity contribution in [2.75, 3.05) is 6.17 Å². The third kappa shape index (κ3) is 5.97. The molecular formula is C13H33NOSi3. The average molecular weight is 304 g/mol. The molecule has 1 N–H and O–H groups in total. The molecule has 0 rings (SSSR count). The Bertz CT molecular complexity index is 292. The van der Waals surface area contributed by atoms with E-state index in [-0.39, 0.29) is 5.04 Å². The van der Waals surface area contributed by atoms with Crippen molar-refractivity contribution in [1.82, 2.24) is 4.98 Å². The van der Waals surface area contributed by atoms with Crippen molar-refractivity contribution in [3.05, 3.63) is 12.3 Å². The molecule has 0 amide bonds. The minimum absolute atomic E-state index is 0.255. The highest BCUT2D eigenvalue weighted by Crippen LogP contribution is 2.38. The zero-order chi connectivity index (χ0) is 14.8. The van der Waals surface area contributed by atoms with Gasteiger partial charge in [0.25, 0.3) is 8.48 Å². The van der Waals surface area contributed by atoms with Crippen molar-refractivity contribution in [2.24, 2.45) is 0 Å². The van der Waals surface area contributed by atoms with Crippen LogP contribution in [0.15, 0.2) is 12.3 Å². The van der Waals surface area contributed by atoms with Gasteiger partial charge in [-0.15, -0.1) is 6.58 Å². The third-order valence-electron chi connectivity index (χ3n) is 3.63. The summed E-state index contributed by atoms with van der Waals surface area (Å²) in [6, 6.07) is 0. The van der Waals surface area contributed by atoms with Gasteiger partial charge in [-0.2, -0.15) is 0 Å². The molecule has 0 aromatic carbocycles. The van der Waals surface area contributed by atoms with Crippen molar-refractivity contribution in [1.29, 1.82) is 0 Å². The fourth-order valence-electron chi connectivity index (χ4n) is 1.27. The Morgan fingerprint density at radius 2 is 1.50 bits per heavy atom. The summed E-state index contributed by atoms with van der Waals surface area (Å²) in [5.74, 6) is 0. The van der Waals surface area contributed by atoms with E-state index in [4.69, 9.17) is 4.12 Å². The lowest BCUT2D eigenvalue weighted by Gasteiger charge is -2.43. The molecule has 0 aliphatic carbocycles. The van der Waals surface area contributed by atoms with E-state index in [0.717, 1.165) is 6.17 Å². The van der Waals surface area contributed by atoms with E-state index in [9.17, 15) is 0 Å². The standard InChI is InChI=1S/C13H33NOSi3/c1-11-18(10,14-12-16(5,6)7)15-17(8,9)13(2,3)4/h11,14H,1,12H2,2-10H3. The second-order valence-electron chi connectivity index (χ2n) is 8.09. The molecule has 1 atom stereocenters. The van der Waals surface area contributed by atoms with E-state index in [0.29, 0.717) is 0 Å². The Kier molecular flexibility index (Phi) is 5.85. The number of hydrogen-bond donors (Lipinski definition) is 1. The quantitative estimate of drug-likeness (QED) is 0.740. The van der Waals surface area contributed by atoms with Crippen LogP contribution < -0.4 is 4.98 Å². The first-order valence-electron chi connectivity index (χ1n) is 6.81. The summed E-state index contributed by atoms with van der Waals surface area (Å²) in [7, 11) is -4.78. The molecule has 0 bridgehead atoms. The van der Waals surface area contributed by atoms with Gasteiger partial charge < -0.3 is 9.10 Å². The van der Waals surface area contributed by atoms with Crippen LogP contribution in [0.25, 0.3) is 0 Å². The van der Waals surface area contributed by atoms with Gasteiger partial charge in [-0.05, 0) is 30.8 Å². The summed E-state index contributed by atoms with van der Waals surface area (Å²) in [6.07, 6.45) is 1.11. The van der Waals surface area contributed by atoms with E-state index in [2.05, 4.69) is 71.6 Å². The van der Waals surface area contributed by atoms with E-state index in [1.54, 1.807) is 0 Å². The van der Waals surface area contributed by atoms with Gasteiger partial charge in [-0.1, -0.05) is 46.1 Å². The van der Waals surface area contributed by atoms with Crippen LogP contribution >= 0.6 is 0 Å². The molecule has 0 fully saturated rings. The van der Waals surface area contributed by atoms with Gasteiger partial charge in [-0.25, -0.2) is 0 Å². The van der Waals surface area contributed by atoms with Crippen LogP contribution in [-0.2, 0) is 4.12 Å². The van der Waals surface area contributed by atoms with E-state index in [1.807, 2.05) is 5.70 Å². The zero-order valence-corrected chi connectivity index (χ0v) is 16.9. The molecular weight excluding hydrogens is 270 g/mol. The molecule has 18 heavy (non-hydrogen) atoms. The SMILES string of the molecule is C=C[Si](C)(NC[Si](C)(C)C)O[Si](C)(C)C(C)(C)C. The fraction of sp³-hybridized carbons (Fsp3) is 0.846. The maximum absolute atomic E-state index is 6.61. The lowest BCUT2D eigenvalue weighted by Crippen LogP contribution is -2.60. The lowest BCUT2D eigenvalue weighted by molar-refractivity contribution is 0.479. The van der Waals surface area contributed by atoms with Crippen molar-refractivity contribution >= 4 is 24.9 Å². The van der Waals surface area contributed by atoms with Gasteiger partial charge >= 0.3 is 0 Å². The highest BCUT2D eigenvalue weighted by molar-refractivity contribution is 6.88. The van der Waals surface area contributed by atoms with Crippen LogP contribution in [0.5, 0.6) is 0 Å². The van der Waals surface area contributed by atoms with Crippen molar-refractivity contribution in [3.63, 3.8) is 0 Å². The highest BCUT2D eigenvalue weighted by Gasteiger charge is 2.43. The zero-order valence-electron chi connectivity index (χ0n) is 13.9. The van der Waals surface area contributed by atoms with Crippen LogP contribution in [0.1, 0.15) is 20.8 Å². The van der Waals surface area contributed by atoms with Gasteiger partial charge in [0, 0.05) is 0 Å². The van der Waals surface area contributed by atoms with Gasteiger partial charge in [0.2, 0.25) is 0 Å². The lowest BCUT2D eigenvalue weighted by atomic mass is 10.2. The van der Waals surface area contributed by atoms with Gasteiger partial charge in [0.1, 0.15) is 0 Å². The van der Waals surface area contributed by atoms with Crippen molar-refractivity contribution in [3.8, 4) is 0 Å². The summed E-state index contributed by atoms with van der Waals surface area (Å²) in [6.45, 7) is 24.9. The predicted octanol–water partition coefficient (Wildman–Crippen LogP) is 4.27. The summed E-state index contributed by atoms with van der Waals surface area (Å²) in [4.78, 5) is 3.71. The molecule has 0 radical (unpaired) electrons. The van der Waals surface area contributed by atoms with E-state index in [1.165, 1.54) is 0 Å². The molecule has 0 aliphatic heterocycles. The predicted molar refractivity (Wildman–Crippen MR) is 91.4 cm³/mol. The van der Waals surface area contributed by atoms with Crippen molar-refractivity contribution < 1.29 is 4.12 Å². The molecule has 0 saturated carbocycles. The minimum atomic E-state index is -1.97. The van der Waals surface area contributed by atoms with E-state index < -0.39 is 24.9 Å². The largest absolute Gasteiger partial charge is 0.441 e. The maximum Gasteiger partial charge on any atom is 0.280 e. The van der Waals surface area contributed by atoms with Gasteiger partial charge in [0.05, 0.1) is 8.07 Å². The molecule has 0 aromatic rings. The Labute approximate surface area is 118 Å². The Balaban J connectivity index is 4.83. The highest BCUT2D eigenvalue weighted by atomic mass is 28.4. The van der Waals surface area contributed by atoms with Crippen molar-refractivity contribution in [2.45, 2.75) is 65.1 Å². The smallest absolute Gasteiger partial charge is 0.280 e. The fourth-order valence-corrected chi connectivity index (χ4v) is 11.0.